The van der Waals surface area contributed by atoms with E-state index >= 15 is 0 Å². The standard InChI is InChI=1S/C13H10ClNOS/c1-9(16)13-7-6-12(8-15-13)17-11-4-2-10(14)3-5-11/h2-8H,1H3. The van der Waals surface area contributed by atoms with Gasteiger partial charge in [0, 0.05) is 27.9 Å². The van der Waals surface area contributed by atoms with Crippen LogP contribution >= 0.6 is 23.4 Å². The molecule has 1 aromatic heterocycles. The maximum Gasteiger partial charge on any atom is 0.178 e. The smallest absolute Gasteiger partial charge is 0.178 e. The zero-order valence-electron chi connectivity index (χ0n) is 9.18. The van der Waals surface area contributed by atoms with Crippen LogP contribution in [0.25, 0.3) is 0 Å². The molecule has 0 N–H and O–H groups in total. The number of nitrogens with zero attached hydrogens (tertiary/aromatic N) is 1. The van der Waals surface area contributed by atoms with Crippen molar-refractivity contribution >= 4 is 29.1 Å². The van der Waals surface area contributed by atoms with Gasteiger partial charge in [-0.1, -0.05) is 23.4 Å². The molecule has 0 atom stereocenters. The number of carbonyl (C=O) groups is 1. The van der Waals surface area contributed by atoms with E-state index in [1.807, 2.05) is 30.3 Å². The van der Waals surface area contributed by atoms with Gasteiger partial charge in [-0.05, 0) is 36.4 Å². The third-order valence-electron chi connectivity index (χ3n) is 2.15. The second-order valence-corrected chi connectivity index (χ2v) is 5.07. The Hall–Kier alpha value is -1.32. The number of Topliss-reactive ketones (excluding diaryl/α,β-unsaturated/α-hetero) is 1. The first-order valence-electron chi connectivity index (χ1n) is 5.05. The molecule has 2 aromatic rings. The predicted octanol–water partition coefficient (Wildman–Crippen LogP) is 4.09. The highest BCUT2D eigenvalue weighted by Gasteiger charge is 2.02. The molecule has 0 spiro atoms. The highest BCUT2D eigenvalue weighted by atomic mass is 35.5. The quantitative estimate of drug-likeness (QED) is 0.782. The van der Waals surface area contributed by atoms with E-state index < -0.39 is 0 Å². The average molecular weight is 264 g/mol. The topological polar surface area (TPSA) is 30.0 Å². The summed E-state index contributed by atoms with van der Waals surface area (Å²) in [6.45, 7) is 1.51. The number of ketones is 1. The monoisotopic (exact) mass is 263 g/mol. The second kappa shape index (κ2) is 5.34. The van der Waals surface area contributed by atoms with Crippen molar-refractivity contribution in [3.05, 3.63) is 53.3 Å². The van der Waals surface area contributed by atoms with Gasteiger partial charge in [0.1, 0.15) is 5.69 Å². The Kier molecular flexibility index (Phi) is 3.82. The summed E-state index contributed by atoms with van der Waals surface area (Å²) in [5.41, 5.74) is 0.491. The summed E-state index contributed by atoms with van der Waals surface area (Å²) in [5.74, 6) is -0.0203. The molecule has 0 aliphatic rings. The molecule has 2 nitrogen and oxygen atoms in total. The number of carbonyl (C=O) groups excluding carboxylic acids is 1. The minimum atomic E-state index is -0.0203. The molecular formula is C13H10ClNOS. The predicted molar refractivity (Wildman–Crippen MR) is 69.8 cm³/mol. The number of hydrogen-bond acceptors (Lipinski definition) is 3. The van der Waals surface area contributed by atoms with Gasteiger partial charge in [0.2, 0.25) is 0 Å². The van der Waals surface area contributed by atoms with Gasteiger partial charge < -0.3 is 0 Å². The fourth-order valence-corrected chi connectivity index (χ4v) is 2.20. The second-order valence-electron chi connectivity index (χ2n) is 3.49. The fraction of sp³-hybridized carbons (Fsp3) is 0.0769. The van der Waals surface area contributed by atoms with Crippen molar-refractivity contribution in [3.8, 4) is 0 Å². The van der Waals surface area contributed by atoms with Crippen LogP contribution in [0.2, 0.25) is 5.02 Å². The van der Waals surface area contributed by atoms with Crippen molar-refractivity contribution < 1.29 is 4.79 Å². The van der Waals surface area contributed by atoms with Crippen LogP contribution in [0, 0.1) is 0 Å². The van der Waals surface area contributed by atoms with E-state index in [1.165, 1.54) is 6.92 Å². The van der Waals surface area contributed by atoms with E-state index in [0.717, 1.165) is 14.8 Å². The van der Waals surface area contributed by atoms with Gasteiger partial charge >= 0.3 is 0 Å². The molecule has 0 saturated carbocycles. The molecule has 1 aromatic carbocycles. The molecule has 0 amide bonds. The van der Waals surface area contributed by atoms with Gasteiger partial charge in [0.05, 0.1) is 0 Å². The van der Waals surface area contributed by atoms with Crippen LogP contribution in [0.5, 0.6) is 0 Å². The molecule has 0 bridgehead atoms. The highest BCUT2D eigenvalue weighted by Crippen LogP contribution is 2.27. The molecule has 0 aliphatic heterocycles. The Balaban J connectivity index is 2.13. The van der Waals surface area contributed by atoms with Crippen molar-refractivity contribution in [2.45, 2.75) is 16.7 Å². The van der Waals surface area contributed by atoms with E-state index in [4.69, 9.17) is 11.6 Å². The minimum absolute atomic E-state index is 0.0203. The van der Waals surface area contributed by atoms with Crippen molar-refractivity contribution in [2.24, 2.45) is 0 Å². The van der Waals surface area contributed by atoms with Crippen LogP contribution in [-0.2, 0) is 0 Å². The Morgan fingerprint density at radius 1 is 1.12 bits per heavy atom. The van der Waals surface area contributed by atoms with Crippen LogP contribution < -0.4 is 0 Å². The maximum absolute atomic E-state index is 11.1. The number of aromatic nitrogens is 1. The molecule has 4 heteroatoms. The molecule has 0 aliphatic carbocycles. The minimum Gasteiger partial charge on any atom is -0.293 e. The van der Waals surface area contributed by atoms with Gasteiger partial charge in [-0.2, -0.15) is 0 Å². The number of hydrogen-bond donors (Lipinski definition) is 0. The van der Waals surface area contributed by atoms with Gasteiger partial charge in [0.25, 0.3) is 0 Å². The molecule has 2 rings (SSSR count). The number of pyridine rings is 1. The molecule has 0 radical (unpaired) electrons. The lowest BCUT2D eigenvalue weighted by Gasteiger charge is -2.02. The summed E-state index contributed by atoms with van der Waals surface area (Å²) in [6, 6.07) is 11.2. The molecule has 86 valence electrons. The molecule has 17 heavy (non-hydrogen) atoms. The van der Waals surface area contributed by atoms with Crippen LogP contribution in [0.3, 0.4) is 0 Å². The van der Waals surface area contributed by atoms with Crippen LogP contribution in [0.15, 0.2) is 52.4 Å². The SMILES string of the molecule is CC(=O)c1ccc(Sc2ccc(Cl)cc2)cn1. The Morgan fingerprint density at radius 2 is 1.76 bits per heavy atom. The summed E-state index contributed by atoms with van der Waals surface area (Å²) in [7, 11) is 0. The first-order chi connectivity index (χ1) is 8.15. The van der Waals surface area contributed by atoms with Crippen LogP contribution in [0.1, 0.15) is 17.4 Å². The largest absolute Gasteiger partial charge is 0.293 e. The molecule has 0 saturated heterocycles. The van der Waals surface area contributed by atoms with E-state index in [1.54, 1.807) is 24.0 Å². The molecule has 0 fully saturated rings. The van der Waals surface area contributed by atoms with Crippen LogP contribution in [0.4, 0.5) is 0 Å². The van der Waals surface area contributed by atoms with Gasteiger partial charge in [-0.15, -0.1) is 0 Å². The number of halogens is 1. The number of benzene rings is 1. The van der Waals surface area contributed by atoms with Gasteiger partial charge in [0.15, 0.2) is 5.78 Å². The van der Waals surface area contributed by atoms with Gasteiger partial charge in [-0.3, -0.25) is 9.78 Å². The van der Waals surface area contributed by atoms with Crippen molar-refractivity contribution in [2.75, 3.05) is 0 Å². The highest BCUT2D eigenvalue weighted by molar-refractivity contribution is 7.99. The molecule has 1 heterocycles. The third-order valence-corrected chi connectivity index (χ3v) is 3.38. The van der Waals surface area contributed by atoms with Crippen molar-refractivity contribution in [1.29, 1.82) is 0 Å². The normalized spacial score (nSPS) is 10.2. The zero-order valence-corrected chi connectivity index (χ0v) is 10.8. The van der Waals surface area contributed by atoms with E-state index in [2.05, 4.69) is 4.98 Å². The summed E-state index contributed by atoms with van der Waals surface area (Å²) in [5, 5.41) is 0.722. The van der Waals surface area contributed by atoms with Crippen molar-refractivity contribution in [1.82, 2.24) is 4.98 Å². The lowest BCUT2D eigenvalue weighted by Crippen LogP contribution is -1.95. The average Bonchev–Trinajstić information content (AvgIpc) is 2.33. The number of rotatable bonds is 3. The van der Waals surface area contributed by atoms with Crippen LogP contribution in [-0.4, -0.2) is 10.8 Å². The maximum atomic E-state index is 11.1. The van der Waals surface area contributed by atoms with E-state index in [9.17, 15) is 4.79 Å². The Labute approximate surface area is 109 Å². The molecule has 0 unspecified atom stereocenters. The summed E-state index contributed by atoms with van der Waals surface area (Å²) in [6.07, 6.45) is 1.70. The first kappa shape index (κ1) is 12.1. The Morgan fingerprint density at radius 3 is 2.29 bits per heavy atom. The fourth-order valence-electron chi connectivity index (χ4n) is 1.29. The summed E-state index contributed by atoms with van der Waals surface area (Å²) >= 11 is 7.40. The summed E-state index contributed by atoms with van der Waals surface area (Å²) < 4.78 is 0. The van der Waals surface area contributed by atoms with E-state index in [0.29, 0.717) is 5.69 Å². The Bertz CT molecular complexity index is 522. The third kappa shape index (κ3) is 3.32. The lowest BCUT2D eigenvalue weighted by atomic mass is 10.3. The van der Waals surface area contributed by atoms with Crippen molar-refractivity contribution in [3.63, 3.8) is 0 Å². The molecular weight excluding hydrogens is 254 g/mol. The first-order valence-corrected chi connectivity index (χ1v) is 6.25. The summed E-state index contributed by atoms with van der Waals surface area (Å²) in [4.78, 5) is 17.3. The zero-order chi connectivity index (χ0) is 12.3. The van der Waals surface area contributed by atoms with E-state index in [-0.39, 0.29) is 5.78 Å². The van der Waals surface area contributed by atoms with Gasteiger partial charge in [-0.25, -0.2) is 0 Å². The lowest BCUT2D eigenvalue weighted by molar-refractivity contribution is 0.101.